The third-order valence-corrected chi connectivity index (χ3v) is 4.35. The van der Waals surface area contributed by atoms with Crippen molar-refractivity contribution in [3.05, 3.63) is 16.3 Å². The first-order valence-electron chi connectivity index (χ1n) is 5.92. The number of methoxy groups -OCH3 is 1. The van der Waals surface area contributed by atoms with Gasteiger partial charge in [0.25, 0.3) is 5.91 Å². The molecule has 1 saturated heterocycles. The molecule has 0 saturated carbocycles. The number of amides is 1. The average molecular weight is 264 g/mol. The summed E-state index contributed by atoms with van der Waals surface area (Å²) in [6, 6.07) is 4.14. The highest BCUT2D eigenvalue weighted by Crippen LogP contribution is 2.32. The molecule has 1 aliphatic rings. The van der Waals surface area contributed by atoms with Crippen molar-refractivity contribution in [3.8, 4) is 11.8 Å². The minimum absolute atomic E-state index is 0.0156. The number of thiophene rings is 1. The lowest BCUT2D eigenvalue weighted by Gasteiger charge is -2.34. The largest absolute Gasteiger partial charge is 0.495 e. The minimum atomic E-state index is -0.281. The van der Waals surface area contributed by atoms with Crippen LogP contribution in [-0.2, 0) is 0 Å². The van der Waals surface area contributed by atoms with Gasteiger partial charge in [0.2, 0.25) is 0 Å². The van der Waals surface area contributed by atoms with Gasteiger partial charge < -0.3 is 9.64 Å². The summed E-state index contributed by atoms with van der Waals surface area (Å²) in [6.07, 6.45) is 1.48. The van der Waals surface area contributed by atoms with E-state index in [0.717, 1.165) is 12.8 Å². The van der Waals surface area contributed by atoms with Gasteiger partial charge in [-0.15, -0.1) is 11.3 Å². The second-order valence-electron chi connectivity index (χ2n) is 4.78. The standard InChI is InChI=1S/C13H16N2O2S/c1-13(9-14)4-6-15(7-5-13)12(16)11-10(17-2)3-8-18-11/h3,8H,4-7H2,1-2H3. The normalized spacial score (nSPS) is 18.2. The van der Waals surface area contributed by atoms with Gasteiger partial charge >= 0.3 is 0 Å². The molecule has 0 spiro atoms. The topological polar surface area (TPSA) is 53.3 Å². The van der Waals surface area contributed by atoms with Crippen LogP contribution in [0.2, 0.25) is 0 Å². The Hall–Kier alpha value is -1.54. The van der Waals surface area contributed by atoms with Gasteiger partial charge in [-0.25, -0.2) is 0 Å². The Bertz CT molecular complexity index is 481. The van der Waals surface area contributed by atoms with E-state index in [0.29, 0.717) is 23.7 Å². The van der Waals surface area contributed by atoms with Gasteiger partial charge in [-0.1, -0.05) is 0 Å². The molecule has 2 heterocycles. The number of hydrogen-bond acceptors (Lipinski definition) is 4. The number of hydrogen-bond donors (Lipinski definition) is 0. The molecule has 0 radical (unpaired) electrons. The fourth-order valence-corrected chi connectivity index (χ4v) is 2.90. The van der Waals surface area contributed by atoms with Crippen LogP contribution in [-0.4, -0.2) is 31.0 Å². The number of rotatable bonds is 2. The molecule has 1 aliphatic heterocycles. The van der Waals surface area contributed by atoms with E-state index in [9.17, 15) is 4.79 Å². The number of carbonyl (C=O) groups excluding carboxylic acids is 1. The van der Waals surface area contributed by atoms with Crippen LogP contribution < -0.4 is 4.74 Å². The molecule has 0 bridgehead atoms. The zero-order chi connectivity index (χ0) is 13.2. The van der Waals surface area contributed by atoms with E-state index in [1.54, 1.807) is 13.2 Å². The quantitative estimate of drug-likeness (QED) is 0.824. The lowest BCUT2D eigenvalue weighted by Crippen LogP contribution is -2.41. The maximum atomic E-state index is 12.3. The Labute approximate surface area is 111 Å². The molecule has 0 atom stereocenters. The summed E-state index contributed by atoms with van der Waals surface area (Å²) in [6.45, 7) is 3.24. The van der Waals surface area contributed by atoms with Crippen molar-refractivity contribution in [2.24, 2.45) is 5.41 Å². The number of ether oxygens (including phenoxy) is 1. The molecule has 0 unspecified atom stereocenters. The molecular weight excluding hydrogens is 248 g/mol. The molecule has 2 rings (SSSR count). The molecular formula is C13H16N2O2S. The van der Waals surface area contributed by atoms with E-state index in [4.69, 9.17) is 10.00 Å². The Kier molecular flexibility index (Phi) is 3.58. The third kappa shape index (κ3) is 2.34. The Balaban J connectivity index is 2.07. The van der Waals surface area contributed by atoms with Crippen LogP contribution in [0, 0.1) is 16.7 Å². The van der Waals surface area contributed by atoms with Gasteiger partial charge in [0.05, 0.1) is 18.6 Å². The molecule has 1 fully saturated rings. The van der Waals surface area contributed by atoms with Crippen molar-refractivity contribution in [1.82, 2.24) is 4.90 Å². The van der Waals surface area contributed by atoms with Gasteiger partial charge in [-0.2, -0.15) is 5.26 Å². The van der Waals surface area contributed by atoms with Crippen LogP contribution in [0.4, 0.5) is 0 Å². The number of nitriles is 1. The SMILES string of the molecule is COc1ccsc1C(=O)N1CCC(C)(C#N)CC1. The monoisotopic (exact) mass is 264 g/mol. The number of likely N-dealkylation sites (tertiary alicyclic amines) is 1. The lowest BCUT2D eigenvalue weighted by molar-refractivity contribution is 0.0663. The van der Waals surface area contributed by atoms with Crippen molar-refractivity contribution in [3.63, 3.8) is 0 Å². The molecule has 0 N–H and O–H groups in total. The van der Waals surface area contributed by atoms with Gasteiger partial charge in [-0.3, -0.25) is 4.79 Å². The predicted octanol–water partition coefficient (Wildman–Crippen LogP) is 2.52. The van der Waals surface area contributed by atoms with Crippen molar-refractivity contribution < 1.29 is 9.53 Å². The highest BCUT2D eigenvalue weighted by Gasteiger charge is 2.33. The zero-order valence-corrected chi connectivity index (χ0v) is 11.4. The summed E-state index contributed by atoms with van der Waals surface area (Å²) in [7, 11) is 1.57. The Morgan fingerprint density at radius 1 is 1.56 bits per heavy atom. The van der Waals surface area contributed by atoms with Gasteiger partial charge in [0, 0.05) is 13.1 Å². The van der Waals surface area contributed by atoms with Crippen molar-refractivity contribution >= 4 is 17.2 Å². The van der Waals surface area contributed by atoms with Crippen LogP contribution in [0.5, 0.6) is 5.75 Å². The maximum absolute atomic E-state index is 12.3. The summed E-state index contributed by atoms with van der Waals surface area (Å²) in [4.78, 5) is 14.8. The molecule has 4 nitrogen and oxygen atoms in total. The lowest BCUT2D eigenvalue weighted by atomic mass is 9.82. The van der Waals surface area contributed by atoms with Crippen LogP contribution in [0.1, 0.15) is 29.4 Å². The highest BCUT2D eigenvalue weighted by molar-refractivity contribution is 7.12. The van der Waals surface area contributed by atoms with Gasteiger partial charge in [0.15, 0.2) is 0 Å². The molecule has 1 aromatic rings. The van der Waals surface area contributed by atoms with Gasteiger partial charge in [-0.05, 0) is 31.2 Å². The van der Waals surface area contributed by atoms with Crippen molar-refractivity contribution in [1.29, 1.82) is 5.26 Å². The van der Waals surface area contributed by atoms with Crippen LogP contribution >= 0.6 is 11.3 Å². The molecule has 0 aliphatic carbocycles. The van der Waals surface area contributed by atoms with E-state index < -0.39 is 0 Å². The second-order valence-corrected chi connectivity index (χ2v) is 5.70. The summed E-state index contributed by atoms with van der Waals surface area (Å²) in [5.41, 5.74) is -0.281. The molecule has 1 amide bonds. The van der Waals surface area contributed by atoms with Gasteiger partial charge in [0.1, 0.15) is 10.6 Å². The maximum Gasteiger partial charge on any atom is 0.267 e. The fourth-order valence-electron chi connectivity index (χ4n) is 2.07. The molecule has 18 heavy (non-hydrogen) atoms. The van der Waals surface area contributed by atoms with Crippen LogP contribution in [0.3, 0.4) is 0 Å². The summed E-state index contributed by atoms with van der Waals surface area (Å²) < 4.78 is 5.17. The molecule has 0 aromatic carbocycles. The van der Waals surface area contributed by atoms with E-state index in [-0.39, 0.29) is 11.3 Å². The Morgan fingerprint density at radius 3 is 2.78 bits per heavy atom. The Morgan fingerprint density at radius 2 is 2.22 bits per heavy atom. The zero-order valence-electron chi connectivity index (χ0n) is 10.6. The molecule has 1 aromatic heterocycles. The van der Waals surface area contributed by atoms with Crippen molar-refractivity contribution in [2.75, 3.05) is 20.2 Å². The third-order valence-electron chi connectivity index (χ3n) is 3.47. The number of carbonyl (C=O) groups is 1. The summed E-state index contributed by atoms with van der Waals surface area (Å²) >= 11 is 1.40. The van der Waals surface area contributed by atoms with Crippen molar-refractivity contribution in [2.45, 2.75) is 19.8 Å². The number of nitrogens with zero attached hydrogens (tertiary/aromatic N) is 2. The van der Waals surface area contributed by atoms with E-state index in [1.165, 1.54) is 11.3 Å². The smallest absolute Gasteiger partial charge is 0.267 e. The van der Waals surface area contributed by atoms with E-state index in [1.807, 2.05) is 17.2 Å². The van der Waals surface area contributed by atoms with E-state index >= 15 is 0 Å². The van der Waals surface area contributed by atoms with Crippen LogP contribution in [0.15, 0.2) is 11.4 Å². The van der Waals surface area contributed by atoms with E-state index in [2.05, 4.69) is 6.07 Å². The molecule has 96 valence electrons. The fraction of sp³-hybridized carbons (Fsp3) is 0.538. The molecule has 5 heteroatoms. The predicted molar refractivity (Wildman–Crippen MR) is 69.7 cm³/mol. The van der Waals surface area contributed by atoms with Crippen LogP contribution in [0.25, 0.3) is 0 Å². The highest BCUT2D eigenvalue weighted by atomic mass is 32.1. The number of piperidine rings is 1. The first kappa shape index (κ1) is 12.9. The average Bonchev–Trinajstić information content (AvgIpc) is 2.87. The minimum Gasteiger partial charge on any atom is -0.495 e. The first-order valence-corrected chi connectivity index (χ1v) is 6.79. The first-order chi connectivity index (χ1) is 8.59. The summed E-state index contributed by atoms with van der Waals surface area (Å²) in [5.74, 6) is 0.653. The second kappa shape index (κ2) is 4.99. The summed E-state index contributed by atoms with van der Waals surface area (Å²) in [5, 5.41) is 10.9.